The zero-order chi connectivity index (χ0) is 25.2. The van der Waals surface area contributed by atoms with Crippen LogP contribution in [0, 0.1) is 0 Å². The Bertz CT molecular complexity index is 1440. The standard InChI is InChI=1S/C29H28ClNO5/c1-33-18-12-10-17(11-13-18)26(22-9-6-14-31-22)27-20-15-23(19-7-4-5-8-21(19)30)36-29(32)28(20)25(35-3)16-24(27)34-2/h4-5,7-8,10-13,15-16,22,26,31H,6,9,14H2,1-3H3. The summed E-state index contributed by atoms with van der Waals surface area (Å²) in [5.74, 6) is 2.12. The Labute approximate surface area is 214 Å². The van der Waals surface area contributed by atoms with E-state index in [1.807, 2.05) is 36.4 Å². The van der Waals surface area contributed by atoms with Crippen molar-refractivity contribution in [2.75, 3.05) is 27.9 Å². The highest BCUT2D eigenvalue weighted by molar-refractivity contribution is 6.33. The van der Waals surface area contributed by atoms with E-state index < -0.39 is 5.63 Å². The van der Waals surface area contributed by atoms with E-state index >= 15 is 0 Å². The molecule has 1 aliphatic heterocycles. The molecule has 4 aromatic rings. The van der Waals surface area contributed by atoms with Crippen molar-refractivity contribution >= 4 is 22.4 Å². The van der Waals surface area contributed by atoms with Crippen LogP contribution in [0.25, 0.3) is 22.1 Å². The van der Waals surface area contributed by atoms with E-state index in [4.69, 9.17) is 30.2 Å². The molecule has 0 aliphatic carbocycles. The summed E-state index contributed by atoms with van der Waals surface area (Å²) in [4.78, 5) is 13.4. The van der Waals surface area contributed by atoms with Crippen LogP contribution < -0.4 is 25.2 Å². The van der Waals surface area contributed by atoms with Crippen LogP contribution in [0.4, 0.5) is 0 Å². The lowest BCUT2D eigenvalue weighted by Crippen LogP contribution is -2.30. The molecule has 0 radical (unpaired) electrons. The van der Waals surface area contributed by atoms with Crippen molar-refractivity contribution in [1.82, 2.24) is 5.32 Å². The van der Waals surface area contributed by atoms with Crippen molar-refractivity contribution in [3.8, 4) is 28.6 Å². The van der Waals surface area contributed by atoms with Gasteiger partial charge >= 0.3 is 5.63 Å². The molecule has 2 heterocycles. The van der Waals surface area contributed by atoms with E-state index in [1.54, 1.807) is 26.4 Å². The quantitative estimate of drug-likeness (QED) is 0.331. The Balaban J connectivity index is 1.85. The van der Waals surface area contributed by atoms with Gasteiger partial charge in [-0.15, -0.1) is 0 Å². The van der Waals surface area contributed by atoms with Gasteiger partial charge in [-0.1, -0.05) is 35.9 Å². The first-order chi connectivity index (χ1) is 17.5. The SMILES string of the molecule is COc1ccc(C(c2c(OC)cc(OC)c3c(=O)oc(-c4ccccc4Cl)cc23)C2CCCN2)cc1. The second kappa shape index (κ2) is 10.2. The molecule has 1 N–H and O–H groups in total. The molecule has 7 heteroatoms. The summed E-state index contributed by atoms with van der Waals surface area (Å²) in [5, 5.41) is 5.25. The van der Waals surface area contributed by atoms with Crippen molar-refractivity contribution in [2.45, 2.75) is 24.8 Å². The molecule has 5 rings (SSSR count). The van der Waals surface area contributed by atoms with Gasteiger partial charge in [0, 0.05) is 34.5 Å². The Morgan fingerprint density at radius 3 is 2.36 bits per heavy atom. The monoisotopic (exact) mass is 505 g/mol. The minimum absolute atomic E-state index is 0.0948. The van der Waals surface area contributed by atoms with E-state index in [-0.39, 0.29) is 12.0 Å². The van der Waals surface area contributed by atoms with E-state index in [0.29, 0.717) is 38.6 Å². The second-order valence-electron chi connectivity index (χ2n) is 8.82. The van der Waals surface area contributed by atoms with Gasteiger partial charge in [0.25, 0.3) is 0 Å². The highest BCUT2D eigenvalue weighted by atomic mass is 35.5. The molecule has 186 valence electrons. The lowest BCUT2D eigenvalue weighted by Gasteiger charge is -2.28. The molecular formula is C29H28ClNO5. The molecular weight excluding hydrogens is 478 g/mol. The molecule has 0 saturated carbocycles. The molecule has 1 fully saturated rings. The van der Waals surface area contributed by atoms with Crippen LogP contribution in [-0.2, 0) is 0 Å². The third kappa shape index (κ3) is 4.31. The number of methoxy groups -OCH3 is 3. The maximum atomic E-state index is 13.4. The molecule has 36 heavy (non-hydrogen) atoms. The zero-order valence-corrected chi connectivity index (χ0v) is 21.2. The van der Waals surface area contributed by atoms with E-state index in [1.165, 1.54) is 7.11 Å². The number of ether oxygens (including phenoxy) is 3. The Morgan fingerprint density at radius 2 is 1.72 bits per heavy atom. The summed E-state index contributed by atoms with van der Waals surface area (Å²) in [7, 11) is 4.83. The minimum Gasteiger partial charge on any atom is -0.497 e. The van der Waals surface area contributed by atoms with Crippen LogP contribution in [0.1, 0.15) is 29.9 Å². The van der Waals surface area contributed by atoms with Gasteiger partial charge < -0.3 is 23.9 Å². The number of fused-ring (bicyclic) bond motifs is 1. The number of hydrogen-bond acceptors (Lipinski definition) is 6. The van der Waals surface area contributed by atoms with Crippen molar-refractivity contribution in [3.05, 3.63) is 87.2 Å². The third-order valence-corrected chi connectivity index (χ3v) is 7.21. The number of halogens is 1. The number of hydrogen-bond donors (Lipinski definition) is 1. The largest absolute Gasteiger partial charge is 0.497 e. The lowest BCUT2D eigenvalue weighted by atomic mass is 9.81. The maximum Gasteiger partial charge on any atom is 0.347 e. The average molecular weight is 506 g/mol. The van der Waals surface area contributed by atoms with Gasteiger partial charge in [-0.2, -0.15) is 0 Å². The van der Waals surface area contributed by atoms with Gasteiger partial charge in [-0.25, -0.2) is 4.79 Å². The van der Waals surface area contributed by atoms with E-state index in [9.17, 15) is 4.79 Å². The van der Waals surface area contributed by atoms with Crippen molar-refractivity contribution in [2.24, 2.45) is 0 Å². The van der Waals surface area contributed by atoms with E-state index in [2.05, 4.69) is 17.4 Å². The summed E-state index contributed by atoms with van der Waals surface area (Å²) in [6.45, 7) is 0.931. The predicted octanol–water partition coefficient (Wildman–Crippen LogP) is 6.02. The summed E-state index contributed by atoms with van der Waals surface area (Å²) in [5.41, 5.74) is 2.15. The first-order valence-corrected chi connectivity index (χ1v) is 12.3. The summed E-state index contributed by atoms with van der Waals surface area (Å²) in [6, 6.07) is 19.2. The number of benzene rings is 3. The van der Waals surface area contributed by atoms with Gasteiger partial charge in [0.2, 0.25) is 0 Å². The number of rotatable bonds is 7. The first-order valence-electron chi connectivity index (χ1n) is 11.9. The molecule has 1 saturated heterocycles. The van der Waals surface area contributed by atoms with Gasteiger partial charge in [0.15, 0.2) is 0 Å². The predicted molar refractivity (Wildman–Crippen MR) is 142 cm³/mol. The molecule has 0 bridgehead atoms. The lowest BCUT2D eigenvalue weighted by molar-refractivity contribution is 0.388. The van der Waals surface area contributed by atoms with Crippen LogP contribution in [0.5, 0.6) is 17.2 Å². The molecule has 2 atom stereocenters. The van der Waals surface area contributed by atoms with Crippen LogP contribution in [0.15, 0.2) is 69.9 Å². The summed E-state index contributed by atoms with van der Waals surface area (Å²) >= 11 is 6.48. The van der Waals surface area contributed by atoms with Gasteiger partial charge in [-0.05, 0) is 55.3 Å². The van der Waals surface area contributed by atoms with Crippen molar-refractivity contribution < 1.29 is 18.6 Å². The van der Waals surface area contributed by atoms with Crippen LogP contribution in [0.3, 0.4) is 0 Å². The van der Waals surface area contributed by atoms with Gasteiger partial charge in [0.1, 0.15) is 28.4 Å². The smallest absolute Gasteiger partial charge is 0.347 e. The molecule has 3 aromatic carbocycles. The fraction of sp³-hybridized carbons (Fsp3) is 0.276. The van der Waals surface area contributed by atoms with Crippen molar-refractivity contribution in [1.29, 1.82) is 0 Å². The van der Waals surface area contributed by atoms with Gasteiger partial charge in [-0.3, -0.25) is 0 Å². The van der Waals surface area contributed by atoms with E-state index in [0.717, 1.165) is 36.3 Å². The molecule has 1 aromatic heterocycles. The van der Waals surface area contributed by atoms with Crippen LogP contribution in [0.2, 0.25) is 5.02 Å². The molecule has 0 spiro atoms. The summed E-state index contributed by atoms with van der Waals surface area (Å²) in [6.07, 6.45) is 2.06. The molecule has 1 aliphatic rings. The highest BCUT2D eigenvalue weighted by Crippen LogP contribution is 2.45. The minimum atomic E-state index is -0.490. The summed E-state index contributed by atoms with van der Waals surface area (Å²) < 4.78 is 22.7. The number of nitrogens with one attached hydrogen (secondary N) is 1. The average Bonchev–Trinajstić information content (AvgIpc) is 3.44. The van der Waals surface area contributed by atoms with Crippen molar-refractivity contribution in [3.63, 3.8) is 0 Å². The molecule has 6 nitrogen and oxygen atoms in total. The van der Waals surface area contributed by atoms with Gasteiger partial charge in [0.05, 0.1) is 26.4 Å². The first kappa shape index (κ1) is 24.2. The normalized spacial score (nSPS) is 16.2. The zero-order valence-electron chi connectivity index (χ0n) is 20.5. The fourth-order valence-corrected chi connectivity index (χ4v) is 5.42. The molecule has 0 amide bonds. The Kier molecular flexibility index (Phi) is 6.90. The maximum absolute atomic E-state index is 13.4. The highest BCUT2D eigenvalue weighted by Gasteiger charge is 2.33. The third-order valence-electron chi connectivity index (χ3n) is 6.88. The Morgan fingerprint density at radius 1 is 0.972 bits per heavy atom. The second-order valence-corrected chi connectivity index (χ2v) is 9.22. The Hall–Kier alpha value is -3.48. The fourth-order valence-electron chi connectivity index (χ4n) is 5.19. The topological polar surface area (TPSA) is 69.9 Å². The van der Waals surface area contributed by atoms with Crippen LogP contribution >= 0.6 is 11.6 Å². The van der Waals surface area contributed by atoms with Crippen LogP contribution in [-0.4, -0.2) is 33.9 Å². The molecule has 2 unspecified atom stereocenters.